The second-order valence-corrected chi connectivity index (χ2v) is 5.50. The molecule has 1 aromatic heterocycles. The lowest BCUT2D eigenvalue weighted by Gasteiger charge is -2.08. The largest absolute Gasteiger partial charge is 0.350 e. The molecule has 0 atom stereocenters. The summed E-state index contributed by atoms with van der Waals surface area (Å²) in [6.45, 7) is 0.463. The highest BCUT2D eigenvalue weighted by Crippen LogP contribution is 2.21. The van der Waals surface area contributed by atoms with Crippen LogP contribution in [0.25, 0.3) is 0 Å². The minimum absolute atomic E-state index is 0.123. The van der Waals surface area contributed by atoms with Gasteiger partial charge in [0.1, 0.15) is 28.8 Å². The molecule has 0 saturated heterocycles. The number of carbonyl (C=O) groups is 1. The number of nitrogens with one attached hydrogen (secondary N) is 2. The van der Waals surface area contributed by atoms with Crippen molar-refractivity contribution in [1.29, 1.82) is 0 Å². The van der Waals surface area contributed by atoms with E-state index in [4.69, 9.17) is 0 Å². The Balaban J connectivity index is 1.57. The Morgan fingerprint density at radius 2 is 1.65 bits per heavy atom. The van der Waals surface area contributed by atoms with Gasteiger partial charge in [-0.2, -0.15) is 0 Å². The molecule has 0 aliphatic carbocycles. The number of rotatable bonds is 6. The molecule has 0 saturated carbocycles. The van der Waals surface area contributed by atoms with Crippen LogP contribution in [0.2, 0.25) is 0 Å². The fourth-order valence-corrected chi connectivity index (χ4v) is 2.31. The summed E-state index contributed by atoms with van der Waals surface area (Å²) in [6.07, 6.45) is 3.20. The second kappa shape index (κ2) is 8.15. The Bertz CT molecular complexity index is 866. The van der Waals surface area contributed by atoms with E-state index in [0.29, 0.717) is 13.0 Å². The van der Waals surface area contributed by atoms with E-state index < -0.39 is 11.6 Å². The van der Waals surface area contributed by atoms with Crippen LogP contribution in [0.5, 0.6) is 0 Å². The molecule has 0 bridgehead atoms. The maximum Gasteiger partial charge on any atom is 0.271 e. The number of amides is 1. The topological polar surface area (TPSA) is 66.9 Å². The highest BCUT2D eigenvalue weighted by molar-refractivity contribution is 5.92. The average Bonchev–Trinajstić information content (AvgIpc) is 2.66. The zero-order valence-corrected chi connectivity index (χ0v) is 13.7. The van der Waals surface area contributed by atoms with Crippen molar-refractivity contribution in [2.75, 3.05) is 11.9 Å². The van der Waals surface area contributed by atoms with Crippen LogP contribution in [0.3, 0.4) is 0 Å². The van der Waals surface area contributed by atoms with Crippen molar-refractivity contribution >= 4 is 17.4 Å². The molecule has 3 rings (SSSR count). The predicted molar refractivity (Wildman–Crippen MR) is 94.2 cm³/mol. The fraction of sp³-hybridized carbons (Fsp3) is 0.105. The van der Waals surface area contributed by atoms with Gasteiger partial charge in [-0.25, -0.2) is 18.7 Å². The number of hydrogen-bond acceptors (Lipinski definition) is 4. The minimum Gasteiger partial charge on any atom is -0.350 e. The Labute approximate surface area is 149 Å². The Morgan fingerprint density at radius 3 is 2.31 bits per heavy atom. The fourth-order valence-electron chi connectivity index (χ4n) is 2.31. The van der Waals surface area contributed by atoms with E-state index in [-0.39, 0.29) is 23.1 Å². The molecule has 0 unspecified atom stereocenters. The zero-order chi connectivity index (χ0) is 18.4. The van der Waals surface area contributed by atoms with Gasteiger partial charge < -0.3 is 10.6 Å². The molecule has 7 heteroatoms. The summed E-state index contributed by atoms with van der Waals surface area (Å²) >= 11 is 0. The van der Waals surface area contributed by atoms with Crippen LogP contribution in [0.4, 0.5) is 20.3 Å². The monoisotopic (exact) mass is 354 g/mol. The molecule has 0 aliphatic rings. The van der Waals surface area contributed by atoms with Crippen LogP contribution in [0.1, 0.15) is 16.1 Å². The van der Waals surface area contributed by atoms with Crippen molar-refractivity contribution in [3.8, 4) is 0 Å². The number of carbonyl (C=O) groups excluding carboxylic acids is 1. The van der Waals surface area contributed by atoms with Gasteiger partial charge in [-0.15, -0.1) is 0 Å². The number of nitrogens with zero attached hydrogens (tertiary/aromatic N) is 2. The molecule has 0 aliphatic heterocycles. The third-order valence-electron chi connectivity index (χ3n) is 3.64. The molecule has 26 heavy (non-hydrogen) atoms. The summed E-state index contributed by atoms with van der Waals surface area (Å²) in [7, 11) is 0. The van der Waals surface area contributed by atoms with E-state index in [9.17, 15) is 13.6 Å². The summed E-state index contributed by atoms with van der Waals surface area (Å²) in [5, 5.41) is 5.27. The average molecular weight is 354 g/mol. The van der Waals surface area contributed by atoms with Gasteiger partial charge in [0.25, 0.3) is 5.91 Å². The highest BCUT2D eigenvalue weighted by Gasteiger charge is 2.11. The predicted octanol–water partition coefficient (Wildman–Crippen LogP) is 3.47. The number of benzene rings is 2. The normalized spacial score (nSPS) is 10.4. The summed E-state index contributed by atoms with van der Waals surface area (Å²) in [5.74, 6) is -1.71. The van der Waals surface area contributed by atoms with Gasteiger partial charge in [-0.05, 0) is 24.1 Å². The van der Waals surface area contributed by atoms with E-state index >= 15 is 0 Å². The maximum absolute atomic E-state index is 13.6. The number of anilines is 2. The molecular weight excluding hydrogens is 338 g/mol. The molecule has 132 valence electrons. The first kappa shape index (κ1) is 17.5. The van der Waals surface area contributed by atoms with Gasteiger partial charge in [-0.1, -0.05) is 36.4 Å². The Hall–Kier alpha value is -3.35. The first-order valence-electron chi connectivity index (χ1n) is 7.98. The lowest BCUT2D eigenvalue weighted by atomic mass is 10.1. The molecule has 0 radical (unpaired) electrons. The smallest absolute Gasteiger partial charge is 0.271 e. The van der Waals surface area contributed by atoms with Gasteiger partial charge >= 0.3 is 0 Å². The van der Waals surface area contributed by atoms with Crippen LogP contribution < -0.4 is 10.6 Å². The van der Waals surface area contributed by atoms with E-state index in [1.165, 1.54) is 18.5 Å². The second-order valence-electron chi connectivity index (χ2n) is 5.50. The molecule has 5 nitrogen and oxygen atoms in total. The van der Waals surface area contributed by atoms with Crippen LogP contribution in [-0.4, -0.2) is 22.4 Å². The number of para-hydroxylation sites is 1. The Morgan fingerprint density at radius 1 is 0.923 bits per heavy atom. The lowest BCUT2D eigenvalue weighted by molar-refractivity contribution is 0.0949. The van der Waals surface area contributed by atoms with Crippen molar-refractivity contribution in [3.63, 3.8) is 0 Å². The summed E-state index contributed by atoms with van der Waals surface area (Å²) < 4.78 is 27.2. The summed E-state index contributed by atoms with van der Waals surface area (Å²) in [6, 6.07) is 13.3. The molecular formula is C19H16F2N4O. The third kappa shape index (κ3) is 4.38. The first-order valence-corrected chi connectivity index (χ1v) is 7.98. The van der Waals surface area contributed by atoms with Crippen molar-refractivity contribution in [3.05, 3.63) is 83.8 Å². The molecule has 1 heterocycles. The van der Waals surface area contributed by atoms with Crippen molar-refractivity contribution in [1.82, 2.24) is 15.3 Å². The van der Waals surface area contributed by atoms with Gasteiger partial charge in [0, 0.05) is 6.54 Å². The van der Waals surface area contributed by atoms with Gasteiger partial charge in [0.2, 0.25) is 0 Å². The van der Waals surface area contributed by atoms with Crippen LogP contribution in [-0.2, 0) is 6.42 Å². The van der Waals surface area contributed by atoms with Crippen molar-refractivity contribution in [2.24, 2.45) is 0 Å². The summed E-state index contributed by atoms with van der Waals surface area (Å²) in [4.78, 5) is 20.0. The SMILES string of the molecule is O=C(NCCc1ccccc1)c1cnc(Nc2c(F)cccc2F)cn1. The standard InChI is InChI=1S/C19H16F2N4O/c20-14-7-4-8-15(21)18(14)25-17-12-23-16(11-24-17)19(26)22-10-9-13-5-2-1-3-6-13/h1-8,11-12H,9-10H2,(H,22,26)(H,24,25). The van der Waals surface area contributed by atoms with Crippen molar-refractivity contribution < 1.29 is 13.6 Å². The third-order valence-corrected chi connectivity index (χ3v) is 3.64. The molecule has 0 spiro atoms. The van der Waals surface area contributed by atoms with Crippen LogP contribution >= 0.6 is 0 Å². The molecule has 2 N–H and O–H groups in total. The molecule has 1 amide bonds. The molecule has 0 fully saturated rings. The number of halogens is 2. The van der Waals surface area contributed by atoms with Gasteiger partial charge in [0.15, 0.2) is 0 Å². The molecule has 3 aromatic rings. The van der Waals surface area contributed by atoms with Crippen molar-refractivity contribution in [2.45, 2.75) is 6.42 Å². The maximum atomic E-state index is 13.6. The minimum atomic E-state index is -0.741. The number of hydrogen-bond donors (Lipinski definition) is 2. The summed E-state index contributed by atoms with van der Waals surface area (Å²) in [5.41, 5.74) is 0.921. The van der Waals surface area contributed by atoms with Gasteiger partial charge in [0.05, 0.1) is 12.4 Å². The van der Waals surface area contributed by atoms with E-state index in [1.807, 2.05) is 30.3 Å². The lowest BCUT2D eigenvalue weighted by Crippen LogP contribution is -2.26. The van der Waals surface area contributed by atoms with Gasteiger partial charge in [-0.3, -0.25) is 4.79 Å². The van der Waals surface area contributed by atoms with E-state index in [0.717, 1.165) is 17.7 Å². The highest BCUT2D eigenvalue weighted by atomic mass is 19.1. The molecule has 2 aromatic carbocycles. The van der Waals surface area contributed by atoms with E-state index in [1.54, 1.807) is 0 Å². The van der Waals surface area contributed by atoms with Crippen LogP contribution in [0.15, 0.2) is 60.9 Å². The van der Waals surface area contributed by atoms with Crippen LogP contribution in [0, 0.1) is 11.6 Å². The Kier molecular flexibility index (Phi) is 5.48. The first-order chi connectivity index (χ1) is 12.6. The quantitative estimate of drug-likeness (QED) is 0.711. The zero-order valence-electron chi connectivity index (χ0n) is 13.7. The number of aromatic nitrogens is 2. The van der Waals surface area contributed by atoms with E-state index in [2.05, 4.69) is 20.6 Å².